The van der Waals surface area contributed by atoms with E-state index in [0.29, 0.717) is 0 Å². The van der Waals surface area contributed by atoms with E-state index < -0.39 is 20.4 Å². The molecule has 2 aromatic rings. The van der Waals surface area contributed by atoms with Gasteiger partial charge < -0.3 is 0 Å². The van der Waals surface area contributed by atoms with Crippen molar-refractivity contribution >= 4 is 27.3 Å². The first-order valence-electron chi connectivity index (χ1n) is 5.45. The average Bonchev–Trinajstić information content (AvgIpc) is 2.38. The molecule has 0 atom stereocenters. The van der Waals surface area contributed by atoms with Gasteiger partial charge in [0.2, 0.25) is 0 Å². The zero-order valence-electron chi connectivity index (χ0n) is 10.4. The number of nitro benzene ring substituents is 1. The first-order chi connectivity index (χ1) is 9.39. The van der Waals surface area contributed by atoms with Gasteiger partial charge in [0.05, 0.1) is 9.82 Å². The SMILES string of the molecule is CS(=O)(=O)c1cccc(Sc2ccncc2)c1[N+](=O)[O-]. The van der Waals surface area contributed by atoms with Crippen LogP contribution in [-0.2, 0) is 9.84 Å². The zero-order chi connectivity index (χ0) is 14.8. The Hall–Kier alpha value is -1.93. The summed E-state index contributed by atoms with van der Waals surface area (Å²) in [5.74, 6) is 0. The largest absolute Gasteiger partial charge is 0.301 e. The summed E-state index contributed by atoms with van der Waals surface area (Å²) < 4.78 is 23.3. The molecule has 1 heterocycles. The molecule has 2 rings (SSSR count). The molecule has 0 N–H and O–H groups in total. The lowest BCUT2D eigenvalue weighted by Crippen LogP contribution is -2.03. The Bertz CT molecular complexity index is 745. The van der Waals surface area contributed by atoms with E-state index in [2.05, 4.69) is 4.98 Å². The number of nitrogens with zero attached hydrogens (tertiary/aromatic N) is 2. The van der Waals surface area contributed by atoms with Crippen LogP contribution in [0.5, 0.6) is 0 Å². The van der Waals surface area contributed by atoms with Gasteiger partial charge in [-0.25, -0.2) is 8.42 Å². The molecule has 0 unspecified atom stereocenters. The van der Waals surface area contributed by atoms with Crippen LogP contribution in [0.2, 0.25) is 0 Å². The van der Waals surface area contributed by atoms with Gasteiger partial charge in [-0.1, -0.05) is 17.8 Å². The highest BCUT2D eigenvalue weighted by Gasteiger charge is 2.26. The molecule has 0 spiro atoms. The standard InChI is InChI=1S/C12H10N2O4S2/c1-20(17,18)11-4-2-3-10(12(11)14(15)16)19-9-5-7-13-8-6-9/h2-8H,1H3. The fourth-order valence-corrected chi connectivity index (χ4v) is 3.46. The molecular weight excluding hydrogens is 300 g/mol. The summed E-state index contributed by atoms with van der Waals surface area (Å²) >= 11 is 1.13. The number of rotatable bonds is 4. The number of sulfone groups is 1. The predicted molar refractivity (Wildman–Crippen MR) is 74.6 cm³/mol. The lowest BCUT2D eigenvalue weighted by atomic mass is 10.3. The summed E-state index contributed by atoms with van der Waals surface area (Å²) in [7, 11) is -3.66. The lowest BCUT2D eigenvalue weighted by molar-refractivity contribution is -0.390. The van der Waals surface area contributed by atoms with Crippen molar-refractivity contribution < 1.29 is 13.3 Å². The Labute approximate surface area is 119 Å². The van der Waals surface area contributed by atoms with Crippen molar-refractivity contribution in [1.82, 2.24) is 4.98 Å². The Morgan fingerprint density at radius 1 is 1.20 bits per heavy atom. The van der Waals surface area contributed by atoms with E-state index in [1.165, 1.54) is 18.2 Å². The Balaban J connectivity index is 2.57. The molecule has 0 saturated heterocycles. The highest BCUT2D eigenvalue weighted by Crippen LogP contribution is 2.38. The number of aromatic nitrogens is 1. The fourth-order valence-electron chi connectivity index (χ4n) is 1.60. The molecule has 0 fully saturated rings. The minimum absolute atomic E-state index is 0.276. The molecule has 0 aliphatic heterocycles. The fraction of sp³-hybridized carbons (Fsp3) is 0.0833. The minimum Gasteiger partial charge on any atom is -0.265 e. The zero-order valence-corrected chi connectivity index (χ0v) is 12.0. The van der Waals surface area contributed by atoms with Crippen LogP contribution < -0.4 is 0 Å². The molecule has 0 saturated carbocycles. The molecule has 20 heavy (non-hydrogen) atoms. The van der Waals surface area contributed by atoms with E-state index in [4.69, 9.17) is 0 Å². The maximum Gasteiger partial charge on any atom is 0.301 e. The van der Waals surface area contributed by atoms with Crippen molar-refractivity contribution in [2.75, 3.05) is 6.26 Å². The summed E-state index contributed by atoms with van der Waals surface area (Å²) in [6, 6.07) is 7.65. The second-order valence-corrected chi connectivity index (χ2v) is 7.02. The molecule has 0 amide bonds. The number of pyridine rings is 1. The Kier molecular flexibility index (Phi) is 4.05. The van der Waals surface area contributed by atoms with Gasteiger partial charge in [0, 0.05) is 23.5 Å². The first-order valence-corrected chi connectivity index (χ1v) is 8.16. The molecule has 8 heteroatoms. The average molecular weight is 310 g/mol. The molecule has 6 nitrogen and oxygen atoms in total. The van der Waals surface area contributed by atoms with E-state index in [0.717, 1.165) is 22.9 Å². The van der Waals surface area contributed by atoms with E-state index in [9.17, 15) is 18.5 Å². The van der Waals surface area contributed by atoms with Crippen LogP contribution in [0.25, 0.3) is 0 Å². The van der Waals surface area contributed by atoms with Crippen molar-refractivity contribution in [2.24, 2.45) is 0 Å². The number of benzene rings is 1. The topological polar surface area (TPSA) is 90.2 Å². The number of hydrogen-bond acceptors (Lipinski definition) is 6. The van der Waals surface area contributed by atoms with Crippen LogP contribution in [-0.4, -0.2) is 24.6 Å². The maximum atomic E-state index is 11.6. The van der Waals surface area contributed by atoms with Crippen molar-refractivity contribution in [3.63, 3.8) is 0 Å². The van der Waals surface area contributed by atoms with Gasteiger partial charge in [0.25, 0.3) is 0 Å². The summed E-state index contributed by atoms with van der Waals surface area (Å²) in [4.78, 5) is 15.1. The summed E-state index contributed by atoms with van der Waals surface area (Å²) in [6.07, 6.45) is 4.08. The van der Waals surface area contributed by atoms with Gasteiger partial charge in [-0.2, -0.15) is 0 Å². The van der Waals surface area contributed by atoms with Crippen molar-refractivity contribution in [3.05, 3.63) is 52.8 Å². The van der Waals surface area contributed by atoms with Gasteiger partial charge in [-0.05, 0) is 24.3 Å². The van der Waals surface area contributed by atoms with Gasteiger partial charge in [0.1, 0.15) is 4.90 Å². The predicted octanol–water partition coefficient (Wildman–Crippen LogP) is 2.54. The summed E-state index contributed by atoms with van der Waals surface area (Å²) in [6.45, 7) is 0. The third-order valence-electron chi connectivity index (χ3n) is 2.42. The van der Waals surface area contributed by atoms with E-state index in [1.54, 1.807) is 24.5 Å². The van der Waals surface area contributed by atoms with Crippen LogP contribution in [0.1, 0.15) is 0 Å². The molecular formula is C12H10N2O4S2. The Morgan fingerprint density at radius 2 is 1.85 bits per heavy atom. The van der Waals surface area contributed by atoms with Crippen molar-refractivity contribution in [2.45, 2.75) is 14.7 Å². The second-order valence-electron chi connectivity index (χ2n) is 3.92. The number of para-hydroxylation sites is 1. The molecule has 104 valence electrons. The highest BCUT2D eigenvalue weighted by atomic mass is 32.2. The smallest absolute Gasteiger partial charge is 0.265 e. The Morgan fingerprint density at radius 3 is 2.40 bits per heavy atom. The van der Waals surface area contributed by atoms with Crippen LogP contribution in [0, 0.1) is 10.1 Å². The molecule has 0 aliphatic rings. The first kappa shape index (κ1) is 14.5. The molecule has 1 aromatic carbocycles. The van der Waals surface area contributed by atoms with Gasteiger partial charge in [-0.15, -0.1) is 0 Å². The van der Waals surface area contributed by atoms with Crippen LogP contribution in [0.15, 0.2) is 57.4 Å². The van der Waals surface area contributed by atoms with E-state index in [1.807, 2.05) is 0 Å². The number of nitro groups is 1. The van der Waals surface area contributed by atoms with Crippen molar-refractivity contribution in [3.8, 4) is 0 Å². The normalized spacial score (nSPS) is 11.2. The maximum absolute atomic E-state index is 11.6. The van der Waals surface area contributed by atoms with Crippen molar-refractivity contribution in [1.29, 1.82) is 0 Å². The summed E-state index contributed by atoms with van der Waals surface area (Å²) in [5.41, 5.74) is -0.392. The van der Waals surface area contributed by atoms with Gasteiger partial charge >= 0.3 is 5.69 Å². The van der Waals surface area contributed by atoms with Gasteiger partial charge in [0.15, 0.2) is 9.84 Å². The van der Waals surface area contributed by atoms with Crippen LogP contribution in [0.4, 0.5) is 5.69 Å². The third kappa shape index (κ3) is 3.14. The highest BCUT2D eigenvalue weighted by molar-refractivity contribution is 7.99. The van der Waals surface area contributed by atoms with Crippen LogP contribution in [0.3, 0.4) is 0 Å². The van der Waals surface area contributed by atoms with Gasteiger partial charge in [-0.3, -0.25) is 15.1 Å². The molecule has 0 bridgehead atoms. The number of hydrogen-bond donors (Lipinski definition) is 0. The molecule has 0 aliphatic carbocycles. The van der Waals surface area contributed by atoms with E-state index >= 15 is 0 Å². The third-order valence-corrected chi connectivity index (χ3v) is 4.61. The van der Waals surface area contributed by atoms with E-state index in [-0.39, 0.29) is 9.79 Å². The quantitative estimate of drug-likeness (QED) is 0.636. The molecule has 1 aromatic heterocycles. The molecule has 0 radical (unpaired) electrons. The summed E-state index contributed by atoms with van der Waals surface area (Å²) in [5, 5.41) is 11.2. The van der Waals surface area contributed by atoms with Crippen LogP contribution >= 0.6 is 11.8 Å². The second kappa shape index (κ2) is 5.59. The lowest BCUT2D eigenvalue weighted by Gasteiger charge is -2.06. The monoisotopic (exact) mass is 310 g/mol. The minimum atomic E-state index is -3.66.